The Morgan fingerprint density at radius 3 is 2.57 bits per heavy atom. The number of fused-ring (bicyclic) bond motifs is 1. The summed E-state index contributed by atoms with van der Waals surface area (Å²) >= 11 is 0. The predicted octanol–water partition coefficient (Wildman–Crippen LogP) is 3.08. The first-order valence-corrected chi connectivity index (χ1v) is 8.37. The molecule has 144 valence electrons. The van der Waals surface area contributed by atoms with Crippen LogP contribution in [0.5, 0.6) is 0 Å². The molecule has 0 bridgehead atoms. The van der Waals surface area contributed by atoms with Gasteiger partial charge in [-0.05, 0) is 48.7 Å². The Morgan fingerprint density at radius 2 is 1.86 bits per heavy atom. The van der Waals surface area contributed by atoms with Gasteiger partial charge in [0.05, 0.1) is 6.67 Å². The molecule has 1 amide bonds. The number of rotatable bonds is 2. The minimum absolute atomic E-state index is 0. The summed E-state index contributed by atoms with van der Waals surface area (Å²) in [7, 11) is 0. The van der Waals surface area contributed by atoms with E-state index in [9.17, 15) is 14.0 Å². The molecule has 0 saturated carbocycles. The van der Waals surface area contributed by atoms with E-state index in [4.69, 9.17) is 0 Å². The number of aryl methyl sites for hydroxylation is 2. The minimum Gasteiger partial charge on any atom is -0.377 e. The number of benzene rings is 2. The summed E-state index contributed by atoms with van der Waals surface area (Å²) in [5, 5.41) is 6.44. The van der Waals surface area contributed by atoms with Gasteiger partial charge in [0.1, 0.15) is 5.82 Å². The summed E-state index contributed by atoms with van der Waals surface area (Å²) in [5.74, 6) is -0.167. The number of amides is 1. The first-order chi connectivity index (χ1) is 13.0. The van der Waals surface area contributed by atoms with E-state index in [2.05, 4.69) is 16.3 Å². The van der Waals surface area contributed by atoms with E-state index in [0.29, 0.717) is 22.6 Å². The largest absolute Gasteiger partial charge is 0.377 e. The van der Waals surface area contributed by atoms with E-state index in [-0.39, 0.29) is 41.0 Å². The second-order valence-corrected chi connectivity index (χ2v) is 6.42. The Bertz CT molecular complexity index is 1120. The Kier molecular flexibility index (Phi) is 5.36. The molecule has 0 atom stereocenters. The molecule has 1 aromatic heterocycles. The van der Waals surface area contributed by atoms with Gasteiger partial charge >= 0.3 is 0 Å². The number of aromatic nitrogens is 2. The van der Waals surface area contributed by atoms with Crippen molar-refractivity contribution in [3.05, 3.63) is 81.4 Å². The maximum atomic E-state index is 13.6. The number of carbonyl (C=O) groups excluding carboxylic acids is 1. The molecule has 3 aromatic rings. The summed E-state index contributed by atoms with van der Waals surface area (Å²) in [6.07, 6.45) is 0. The molecular weight excluding hydrogens is 403 g/mol. The molecular formula is C20H16FFeN4O2-. The third-order valence-electron chi connectivity index (χ3n) is 4.57. The van der Waals surface area contributed by atoms with Crippen LogP contribution in [0.4, 0.5) is 21.6 Å². The fourth-order valence-electron chi connectivity index (χ4n) is 3.31. The first-order valence-electron chi connectivity index (χ1n) is 8.37. The summed E-state index contributed by atoms with van der Waals surface area (Å²) in [6.45, 7) is 3.72. The van der Waals surface area contributed by atoms with Crippen LogP contribution in [0.2, 0.25) is 0 Å². The van der Waals surface area contributed by atoms with E-state index >= 15 is 0 Å². The average molecular weight is 419 g/mol. The van der Waals surface area contributed by atoms with Crippen LogP contribution in [0.15, 0.2) is 47.3 Å². The van der Waals surface area contributed by atoms with Gasteiger partial charge in [-0.15, -0.1) is 0 Å². The molecule has 2 aromatic carbocycles. The first kappa shape index (κ1) is 19.8. The SMILES string of the molecule is Cc1cc(F)ccc1N1CN(c2n[nH]c(=O)cc2C)C(=O)c2cc[c-]cc21.[Fe]. The number of hydrogen-bond donors (Lipinski definition) is 1. The average Bonchev–Trinajstić information content (AvgIpc) is 2.64. The summed E-state index contributed by atoms with van der Waals surface area (Å²) in [4.78, 5) is 28.0. The maximum Gasteiger partial charge on any atom is 0.264 e. The molecule has 1 aliphatic rings. The van der Waals surface area contributed by atoms with E-state index in [1.165, 1.54) is 23.1 Å². The van der Waals surface area contributed by atoms with Crippen LogP contribution in [0, 0.1) is 25.7 Å². The zero-order valence-corrected chi connectivity index (χ0v) is 16.2. The van der Waals surface area contributed by atoms with Crippen molar-refractivity contribution in [1.29, 1.82) is 0 Å². The molecule has 0 saturated heterocycles. The van der Waals surface area contributed by atoms with Crippen molar-refractivity contribution in [2.45, 2.75) is 13.8 Å². The van der Waals surface area contributed by atoms with Crippen LogP contribution in [-0.2, 0) is 17.1 Å². The smallest absolute Gasteiger partial charge is 0.264 e. The molecule has 0 unspecified atom stereocenters. The quantitative estimate of drug-likeness (QED) is 0.512. The number of H-pyrrole nitrogens is 1. The third-order valence-corrected chi connectivity index (χ3v) is 4.57. The van der Waals surface area contributed by atoms with Gasteiger partial charge < -0.3 is 4.90 Å². The molecule has 6 nitrogen and oxygen atoms in total. The molecule has 0 spiro atoms. The van der Waals surface area contributed by atoms with Crippen molar-refractivity contribution in [2.75, 3.05) is 16.5 Å². The number of hydrogen-bond acceptors (Lipinski definition) is 4. The van der Waals surface area contributed by atoms with Gasteiger partial charge in [-0.2, -0.15) is 29.4 Å². The van der Waals surface area contributed by atoms with E-state index in [1.54, 1.807) is 31.2 Å². The number of nitrogens with zero attached hydrogens (tertiary/aromatic N) is 3. The van der Waals surface area contributed by atoms with Gasteiger partial charge in [0.2, 0.25) is 5.91 Å². The van der Waals surface area contributed by atoms with Crippen LogP contribution in [0.1, 0.15) is 21.5 Å². The summed E-state index contributed by atoms with van der Waals surface area (Å²) in [5.41, 5.74) is 2.95. The van der Waals surface area contributed by atoms with Gasteiger partial charge in [-0.25, -0.2) is 9.49 Å². The second kappa shape index (κ2) is 7.58. The zero-order chi connectivity index (χ0) is 19.1. The van der Waals surface area contributed by atoms with Gasteiger partial charge in [-0.1, -0.05) is 5.69 Å². The maximum absolute atomic E-state index is 13.6. The van der Waals surface area contributed by atoms with E-state index < -0.39 is 0 Å². The molecule has 28 heavy (non-hydrogen) atoms. The molecule has 2 heterocycles. The van der Waals surface area contributed by atoms with Gasteiger partial charge in [0.15, 0.2) is 5.82 Å². The monoisotopic (exact) mass is 419 g/mol. The van der Waals surface area contributed by atoms with Crippen molar-refractivity contribution < 1.29 is 26.3 Å². The Balaban J connectivity index is 0.00000225. The van der Waals surface area contributed by atoms with Crippen LogP contribution in [0.25, 0.3) is 0 Å². The fourth-order valence-corrected chi connectivity index (χ4v) is 3.31. The zero-order valence-electron chi connectivity index (χ0n) is 15.1. The minimum atomic E-state index is -0.332. The second-order valence-electron chi connectivity index (χ2n) is 6.42. The van der Waals surface area contributed by atoms with Gasteiger partial charge in [0.25, 0.3) is 5.56 Å². The van der Waals surface area contributed by atoms with Gasteiger partial charge in [0, 0.05) is 28.8 Å². The molecule has 0 radical (unpaired) electrons. The standard InChI is InChI=1S/C20H16FN4O2.Fe/c1-12-9-14(21)7-8-16(12)24-11-25(19-13(2)10-18(26)22-23-19)20(27)15-5-3-4-6-17(15)24;/h3,5-10H,11H2,1-2H3,(H,22,26);/q-1;. The number of halogens is 1. The Hall–Kier alpha value is -2.96. The molecule has 1 aliphatic heterocycles. The van der Waals surface area contributed by atoms with E-state index in [0.717, 1.165) is 11.3 Å². The van der Waals surface area contributed by atoms with Crippen molar-refractivity contribution in [3.63, 3.8) is 0 Å². The normalized spacial score (nSPS) is 13.2. The van der Waals surface area contributed by atoms with E-state index in [1.807, 2.05) is 11.8 Å². The Morgan fingerprint density at radius 1 is 1.07 bits per heavy atom. The molecule has 1 N–H and O–H groups in total. The van der Waals surface area contributed by atoms with Crippen LogP contribution in [-0.4, -0.2) is 22.8 Å². The summed E-state index contributed by atoms with van der Waals surface area (Å²) in [6, 6.07) is 14.0. The van der Waals surface area contributed by atoms with Crippen molar-refractivity contribution in [2.24, 2.45) is 0 Å². The molecule has 0 aliphatic carbocycles. The third kappa shape index (κ3) is 3.32. The molecule has 0 fully saturated rings. The molecule has 4 rings (SSSR count). The summed E-state index contributed by atoms with van der Waals surface area (Å²) < 4.78 is 13.6. The number of anilines is 3. The number of nitrogens with one attached hydrogen (secondary N) is 1. The van der Waals surface area contributed by atoms with Crippen LogP contribution < -0.4 is 15.4 Å². The van der Waals surface area contributed by atoms with Crippen LogP contribution in [0.3, 0.4) is 0 Å². The molecule has 8 heteroatoms. The van der Waals surface area contributed by atoms with Crippen molar-refractivity contribution in [1.82, 2.24) is 10.2 Å². The predicted molar refractivity (Wildman–Crippen MR) is 99.8 cm³/mol. The van der Waals surface area contributed by atoms with Crippen molar-refractivity contribution in [3.8, 4) is 0 Å². The fraction of sp³-hybridized carbons (Fsp3) is 0.150. The Labute approximate surface area is 171 Å². The topological polar surface area (TPSA) is 69.3 Å². The van der Waals surface area contributed by atoms with Crippen LogP contribution >= 0.6 is 0 Å². The van der Waals surface area contributed by atoms with Gasteiger partial charge in [-0.3, -0.25) is 14.5 Å². The number of aromatic amines is 1. The number of carbonyl (C=O) groups is 1. The van der Waals surface area contributed by atoms with Crippen molar-refractivity contribution >= 4 is 23.1 Å².